The van der Waals surface area contributed by atoms with Gasteiger partial charge in [-0.2, -0.15) is 0 Å². The Labute approximate surface area is 176 Å². The van der Waals surface area contributed by atoms with Crippen LogP contribution in [0.3, 0.4) is 0 Å². The van der Waals surface area contributed by atoms with Gasteiger partial charge in [-0.1, -0.05) is 31.2 Å². The zero-order valence-corrected chi connectivity index (χ0v) is 17.3. The van der Waals surface area contributed by atoms with Crippen molar-refractivity contribution in [2.24, 2.45) is 0 Å². The first-order valence-electron chi connectivity index (χ1n) is 9.61. The minimum Gasteiger partial charge on any atom is -0.497 e. The van der Waals surface area contributed by atoms with E-state index in [9.17, 15) is 14.4 Å². The number of methoxy groups -OCH3 is 1. The highest BCUT2D eigenvalue weighted by Gasteiger charge is 2.15. The maximum absolute atomic E-state index is 12.4. The Hall–Kier alpha value is -3.61. The van der Waals surface area contributed by atoms with Crippen molar-refractivity contribution in [3.63, 3.8) is 0 Å². The second kappa shape index (κ2) is 11.4. The molecule has 0 unspecified atom stereocenters. The first-order valence-corrected chi connectivity index (χ1v) is 9.61. The second-order valence-corrected chi connectivity index (χ2v) is 6.59. The standard InChI is InChI=1S/C23H26N2O5/c1-4-16(2)24-22(27)15-30-23(28)19-7-5-6-8-20(19)25-21(26)14-11-17-9-12-18(29-3)13-10-17/h5-14,16H,4,15H2,1-3H3,(H,24,27)(H,25,26)/b14-11+/t16-/m1/s1. The largest absolute Gasteiger partial charge is 0.497 e. The number of hydrogen-bond donors (Lipinski definition) is 2. The minimum absolute atomic E-state index is 0.000246. The molecule has 0 heterocycles. The van der Waals surface area contributed by atoms with Gasteiger partial charge in [-0.15, -0.1) is 0 Å². The van der Waals surface area contributed by atoms with E-state index in [1.165, 1.54) is 12.1 Å². The predicted octanol–water partition coefficient (Wildman–Crippen LogP) is 3.42. The number of hydrogen-bond acceptors (Lipinski definition) is 5. The fourth-order valence-corrected chi connectivity index (χ4v) is 2.46. The number of benzene rings is 2. The van der Waals surface area contributed by atoms with Gasteiger partial charge in [-0.25, -0.2) is 4.79 Å². The molecule has 2 rings (SSSR count). The molecule has 7 heteroatoms. The van der Waals surface area contributed by atoms with E-state index in [0.29, 0.717) is 5.69 Å². The third-order valence-electron chi connectivity index (χ3n) is 4.30. The summed E-state index contributed by atoms with van der Waals surface area (Å²) in [7, 11) is 1.58. The molecule has 0 aliphatic rings. The number of ether oxygens (including phenoxy) is 2. The quantitative estimate of drug-likeness (QED) is 0.488. The number of nitrogens with one attached hydrogen (secondary N) is 2. The van der Waals surface area contributed by atoms with Crippen molar-refractivity contribution in [2.75, 3.05) is 19.0 Å². The molecule has 2 aromatic carbocycles. The van der Waals surface area contributed by atoms with E-state index < -0.39 is 11.9 Å². The van der Waals surface area contributed by atoms with Gasteiger partial charge < -0.3 is 20.1 Å². The topological polar surface area (TPSA) is 93.7 Å². The molecule has 0 saturated carbocycles. The van der Waals surface area contributed by atoms with Gasteiger partial charge in [-0.05, 0) is 49.2 Å². The molecule has 158 valence electrons. The van der Waals surface area contributed by atoms with Gasteiger partial charge in [0.15, 0.2) is 6.61 Å². The summed E-state index contributed by atoms with van der Waals surface area (Å²) >= 11 is 0. The van der Waals surface area contributed by atoms with Gasteiger partial charge in [0.1, 0.15) is 5.75 Å². The Morgan fingerprint density at radius 3 is 2.43 bits per heavy atom. The number of esters is 1. The van der Waals surface area contributed by atoms with Gasteiger partial charge in [-0.3, -0.25) is 9.59 Å². The van der Waals surface area contributed by atoms with Crippen molar-refractivity contribution in [3.05, 3.63) is 65.7 Å². The van der Waals surface area contributed by atoms with Crippen molar-refractivity contribution in [1.29, 1.82) is 0 Å². The van der Waals surface area contributed by atoms with Crippen LogP contribution in [-0.4, -0.2) is 37.5 Å². The number of carbonyl (C=O) groups is 3. The van der Waals surface area contributed by atoms with E-state index in [-0.39, 0.29) is 24.1 Å². The van der Waals surface area contributed by atoms with E-state index in [1.54, 1.807) is 43.5 Å². The zero-order chi connectivity index (χ0) is 21.9. The van der Waals surface area contributed by atoms with Crippen LogP contribution in [0.2, 0.25) is 0 Å². The molecule has 0 radical (unpaired) electrons. The number of rotatable bonds is 9. The first kappa shape index (κ1) is 22.7. The molecule has 1 atom stereocenters. The summed E-state index contributed by atoms with van der Waals surface area (Å²) in [6.07, 6.45) is 3.79. The number of anilines is 1. The molecular formula is C23H26N2O5. The monoisotopic (exact) mass is 410 g/mol. The molecule has 0 spiro atoms. The molecule has 2 aromatic rings. The fraction of sp³-hybridized carbons (Fsp3) is 0.261. The third-order valence-corrected chi connectivity index (χ3v) is 4.30. The smallest absolute Gasteiger partial charge is 0.340 e. The van der Waals surface area contributed by atoms with Crippen molar-refractivity contribution >= 4 is 29.5 Å². The lowest BCUT2D eigenvalue weighted by Crippen LogP contribution is -2.35. The Balaban J connectivity index is 1.98. The molecule has 2 N–H and O–H groups in total. The molecule has 2 amide bonds. The van der Waals surface area contributed by atoms with Crippen molar-refractivity contribution in [1.82, 2.24) is 5.32 Å². The lowest BCUT2D eigenvalue weighted by molar-refractivity contribution is -0.124. The van der Waals surface area contributed by atoms with Crippen LogP contribution in [0.5, 0.6) is 5.75 Å². The summed E-state index contributed by atoms with van der Waals surface area (Å²) in [5.74, 6) is -0.742. The summed E-state index contributed by atoms with van der Waals surface area (Å²) in [6.45, 7) is 3.42. The summed E-state index contributed by atoms with van der Waals surface area (Å²) in [6, 6.07) is 13.7. The first-order chi connectivity index (χ1) is 14.4. The normalized spacial score (nSPS) is 11.6. The maximum Gasteiger partial charge on any atom is 0.340 e. The van der Waals surface area contributed by atoms with Crippen LogP contribution in [-0.2, 0) is 14.3 Å². The van der Waals surface area contributed by atoms with Gasteiger partial charge >= 0.3 is 5.97 Å². The van der Waals surface area contributed by atoms with Crippen LogP contribution in [0.4, 0.5) is 5.69 Å². The highest BCUT2D eigenvalue weighted by Crippen LogP contribution is 2.17. The Morgan fingerprint density at radius 1 is 1.07 bits per heavy atom. The molecule has 30 heavy (non-hydrogen) atoms. The van der Waals surface area contributed by atoms with Gasteiger partial charge in [0, 0.05) is 12.1 Å². The van der Waals surface area contributed by atoms with Gasteiger partial charge in [0.25, 0.3) is 5.91 Å². The summed E-state index contributed by atoms with van der Waals surface area (Å²) in [5, 5.41) is 5.38. The van der Waals surface area contributed by atoms with Crippen molar-refractivity contribution in [3.8, 4) is 5.75 Å². The molecule has 0 aliphatic carbocycles. The van der Waals surface area contributed by atoms with E-state index in [4.69, 9.17) is 9.47 Å². The van der Waals surface area contributed by atoms with Crippen molar-refractivity contribution in [2.45, 2.75) is 26.3 Å². The predicted molar refractivity (Wildman–Crippen MR) is 115 cm³/mol. The zero-order valence-electron chi connectivity index (χ0n) is 17.3. The van der Waals surface area contributed by atoms with Crippen molar-refractivity contribution < 1.29 is 23.9 Å². The van der Waals surface area contributed by atoms with Crippen LogP contribution in [0, 0.1) is 0 Å². The Bertz CT molecular complexity index is 906. The average molecular weight is 410 g/mol. The number of amides is 2. The molecule has 7 nitrogen and oxygen atoms in total. The second-order valence-electron chi connectivity index (χ2n) is 6.59. The van der Waals surface area contributed by atoms with Crippen LogP contribution >= 0.6 is 0 Å². The van der Waals surface area contributed by atoms with E-state index >= 15 is 0 Å². The molecule has 0 aromatic heterocycles. The lowest BCUT2D eigenvalue weighted by Gasteiger charge is -2.12. The van der Waals surface area contributed by atoms with E-state index in [2.05, 4.69) is 10.6 Å². The number of para-hydroxylation sites is 1. The molecule has 0 saturated heterocycles. The molecule has 0 bridgehead atoms. The minimum atomic E-state index is -0.690. The highest BCUT2D eigenvalue weighted by atomic mass is 16.5. The van der Waals surface area contributed by atoms with Crippen LogP contribution < -0.4 is 15.4 Å². The highest BCUT2D eigenvalue weighted by molar-refractivity contribution is 6.06. The Kier molecular flexibility index (Phi) is 8.62. The van der Waals surface area contributed by atoms with E-state index in [0.717, 1.165) is 17.7 Å². The van der Waals surface area contributed by atoms with Crippen LogP contribution in [0.25, 0.3) is 6.08 Å². The molecular weight excluding hydrogens is 384 g/mol. The summed E-state index contributed by atoms with van der Waals surface area (Å²) < 4.78 is 10.2. The number of carbonyl (C=O) groups excluding carboxylic acids is 3. The fourth-order valence-electron chi connectivity index (χ4n) is 2.46. The van der Waals surface area contributed by atoms with Crippen LogP contribution in [0.1, 0.15) is 36.2 Å². The van der Waals surface area contributed by atoms with Gasteiger partial charge in [0.05, 0.1) is 18.4 Å². The van der Waals surface area contributed by atoms with Gasteiger partial charge in [0.2, 0.25) is 5.91 Å². The summed E-state index contributed by atoms with van der Waals surface area (Å²) in [4.78, 5) is 36.4. The summed E-state index contributed by atoms with van der Waals surface area (Å²) in [5.41, 5.74) is 1.29. The molecule has 0 aliphatic heterocycles. The average Bonchev–Trinajstić information content (AvgIpc) is 2.76. The SMILES string of the molecule is CC[C@@H](C)NC(=O)COC(=O)c1ccccc1NC(=O)/C=C/c1ccc(OC)cc1. The van der Waals surface area contributed by atoms with Crippen LogP contribution in [0.15, 0.2) is 54.6 Å². The molecule has 0 fully saturated rings. The Morgan fingerprint density at radius 2 is 1.77 bits per heavy atom. The lowest BCUT2D eigenvalue weighted by atomic mass is 10.1. The maximum atomic E-state index is 12.4. The third kappa shape index (κ3) is 7.09. The van der Waals surface area contributed by atoms with E-state index in [1.807, 2.05) is 26.0 Å².